The van der Waals surface area contributed by atoms with Gasteiger partial charge >= 0.3 is 0 Å². The van der Waals surface area contributed by atoms with Crippen molar-refractivity contribution >= 4 is 15.9 Å². The van der Waals surface area contributed by atoms with E-state index in [1.807, 2.05) is 6.07 Å². The number of furan rings is 1. The Hall–Kier alpha value is -0.280. The Morgan fingerprint density at radius 2 is 2.00 bits per heavy atom. The van der Waals surface area contributed by atoms with Crippen LogP contribution in [0, 0.1) is 11.8 Å². The first-order valence-corrected chi connectivity index (χ1v) is 8.52. The summed E-state index contributed by atoms with van der Waals surface area (Å²) >= 11 is 3.42. The topological polar surface area (TPSA) is 25.2 Å². The van der Waals surface area contributed by atoms with Crippen LogP contribution in [0.25, 0.3) is 0 Å². The van der Waals surface area contributed by atoms with Gasteiger partial charge in [-0.15, -0.1) is 0 Å². The Bertz CT molecular complexity index is 369. The van der Waals surface area contributed by atoms with Crippen LogP contribution in [0.5, 0.6) is 0 Å². The number of hydrogen-bond acceptors (Lipinski definition) is 2. The summed E-state index contributed by atoms with van der Waals surface area (Å²) in [6, 6.07) is 4.51. The Labute approximate surface area is 125 Å². The van der Waals surface area contributed by atoms with Crippen LogP contribution in [0.1, 0.15) is 64.2 Å². The molecule has 1 heterocycles. The van der Waals surface area contributed by atoms with Crippen molar-refractivity contribution < 1.29 is 4.42 Å². The summed E-state index contributed by atoms with van der Waals surface area (Å²) in [5.41, 5.74) is 0. The van der Waals surface area contributed by atoms with Gasteiger partial charge in [0.05, 0.1) is 6.04 Å². The van der Waals surface area contributed by atoms with Gasteiger partial charge in [0, 0.05) is 0 Å². The third-order valence-electron chi connectivity index (χ3n) is 4.45. The lowest BCUT2D eigenvalue weighted by Gasteiger charge is -2.33. The van der Waals surface area contributed by atoms with Crippen molar-refractivity contribution in [2.45, 2.75) is 58.4 Å². The van der Waals surface area contributed by atoms with Crippen LogP contribution in [0.3, 0.4) is 0 Å². The van der Waals surface area contributed by atoms with Crippen molar-refractivity contribution in [3.63, 3.8) is 0 Å². The molecule has 0 aliphatic heterocycles. The molecule has 1 atom stereocenters. The molecular formula is C16H26BrNO. The third-order valence-corrected chi connectivity index (χ3v) is 4.88. The zero-order valence-corrected chi connectivity index (χ0v) is 13.7. The smallest absolute Gasteiger partial charge is 0.169 e. The monoisotopic (exact) mass is 327 g/mol. The molecule has 0 amide bonds. The molecule has 1 aliphatic carbocycles. The molecule has 19 heavy (non-hydrogen) atoms. The molecule has 3 heteroatoms. The Kier molecular flexibility index (Phi) is 5.96. The van der Waals surface area contributed by atoms with Crippen LogP contribution in [0.4, 0.5) is 0 Å². The van der Waals surface area contributed by atoms with E-state index in [1.165, 1.54) is 38.5 Å². The predicted molar refractivity (Wildman–Crippen MR) is 83.2 cm³/mol. The lowest BCUT2D eigenvalue weighted by atomic mass is 9.77. The maximum absolute atomic E-state index is 5.80. The first-order valence-electron chi connectivity index (χ1n) is 7.73. The molecule has 1 aromatic heterocycles. The van der Waals surface area contributed by atoms with E-state index < -0.39 is 0 Å². The maximum atomic E-state index is 5.80. The van der Waals surface area contributed by atoms with Gasteiger partial charge in [0.25, 0.3) is 0 Å². The fourth-order valence-electron chi connectivity index (χ4n) is 3.22. The van der Waals surface area contributed by atoms with Crippen LogP contribution >= 0.6 is 15.9 Å². The molecule has 1 saturated carbocycles. The summed E-state index contributed by atoms with van der Waals surface area (Å²) in [7, 11) is 0. The highest BCUT2D eigenvalue weighted by molar-refractivity contribution is 9.10. The van der Waals surface area contributed by atoms with Crippen LogP contribution in [-0.4, -0.2) is 6.54 Å². The highest BCUT2D eigenvalue weighted by atomic mass is 79.9. The molecular weight excluding hydrogens is 302 g/mol. The van der Waals surface area contributed by atoms with Gasteiger partial charge in [-0.3, -0.25) is 0 Å². The number of nitrogens with one attached hydrogen (secondary N) is 1. The molecule has 1 aromatic rings. The molecule has 1 fully saturated rings. The Morgan fingerprint density at radius 3 is 2.53 bits per heavy atom. The van der Waals surface area contributed by atoms with Crippen molar-refractivity contribution in [1.29, 1.82) is 0 Å². The minimum Gasteiger partial charge on any atom is -0.453 e. The van der Waals surface area contributed by atoms with Crippen molar-refractivity contribution in [2.75, 3.05) is 6.54 Å². The predicted octanol–water partition coefficient (Wildman–Crippen LogP) is 5.30. The van der Waals surface area contributed by atoms with E-state index in [-0.39, 0.29) is 0 Å². The summed E-state index contributed by atoms with van der Waals surface area (Å²) in [5.74, 6) is 2.78. The average Bonchev–Trinajstić information content (AvgIpc) is 2.86. The standard InChI is InChI=1S/C16H26BrNO/c1-3-11-18-16(14-9-10-15(17)19-14)13-7-5-12(4-2)6-8-13/h9-10,12-13,16,18H,3-8,11H2,1-2H3. The lowest BCUT2D eigenvalue weighted by Crippen LogP contribution is -2.31. The van der Waals surface area contributed by atoms with E-state index in [9.17, 15) is 0 Å². The minimum atomic E-state index is 0.393. The third kappa shape index (κ3) is 4.09. The molecule has 2 rings (SSSR count). The van der Waals surface area contributed by atoms with E-state index in [0.717, 1.165) is 28.8 Å². The number of rotatable bonds is 6. The Balaban J connectivity index is 2.01. The summed E-state index contributed by atoms with van der Waals surface area (Å²) < 4.78 is 6.64. The molecule has 0 bridgehead atoms. The molecule has 0 radical (unpaired) electrons. The molecule has 2 nitrogen and oxygen atoms in total. The van der Waals surface area contributed by atoms with Crippen molar-refractivity contribution in [1.82, 2.24) is 5.32 Å². The first kappa shape index (κ1) is 15.1. The number of hydrogen-bond donors (Lipinski definition) is 1. The van der Waals surface area contributed by atoms with Gasteiger partial charge in [0.15, 0.2) is 4.67 Å². The largest absolute Gasteiger partial charge is 0.453 e. The molecule has 108 valence electrons. The zero-order chi connectivity index (χ0) is 13.7. The van der Waals surface area contributed by atoms with Gasteiger partial charge in [-0.2, -0.15) is 0 Å². The van der Waals surface area contributed by atoms with Gasteiger partial charge in [0.1, 0.15) is 5.76 Å². The lowest BCUT2D eigenvalue weighted by molar-refractivity contribution is 0.201. The van der Waals surface area contributed by atoms with E-state index in [1.54, 1.807) is 0 Å². The maximum Gasteiger partial charge on any atom is 0.169 e. The van der Waals surface area contributed by atoms with E-state index in [0.29, 0.717) is 6.04 Å². The van der Waals surface area contributed by atoms with Gasteiger partial charge in [-0.25, -0.2) is 0 Å². The molecule has 1 aliphatic rings. The second kappa shape index (κ2) is 7.49. The zero-order valence-electron chi connectivity index (χ0n) is 12.1. The molecule has 0 spiro atoms. The summed E-state index contributed by atoms with van der Waals surface area (Å²) in [4.78, 5) is 0. The van der Waals surface area contributed by atoms with Gasteiger partial charge in [-0.05, 0) is 65.7 Å². The van der Waals surface area contributed by atoms with E-state index in [4.69, 9.17) is 4.42 Å². The SMILES string of the molecule is CCCNC(c1ccc(Br)o1)C1CCC(CC)CC1. The van der Waals surface area contributed by atoms with Crippen LogP contribution in [-0.2, 0) is 0 Å². The fourth-order valence-corrected chi connectivity index (χ4v) is 3.54. The Morgan fingerprint density at radius 1 is 1.26 bits per heavy atom. The molecule has 1 N–H and O–H groups in total. The highest BCUT2D eigenvalue weighted by Gasteiger charge is 2.29. The van der Waals surface area contributed by atoms with Gasteiger partial charge < -0.3 is 9.73 Å². The summed E-state index contributed by atoms with van der Waals surface area (Å²) in [5, 5.41) is 3.69. The second-order valence-electron chi connectivity index (χ2n) is 5.76. The normalized spacial score (nSPS) is 25.4. The van der Waals surface area contributed by atoms with E-state index >= 15 is 0 Å². The van der Waals surface area contributed by atoms with Crippen molar-refractivity contribution in [2.24, 2.45) is 11.8 Å². The quantitative estimate of drug-likeness (QED) is 0.766. The average molecular weight is 328 g/mol. The van der Waals surface area contributed by atoms with Crippen LogP contribution in [0.2, 0.25) is 0 Å². The minimum absolute atomic E-state index is 0.393. The number of halogens is 1. The molecule has 1 unspecified atom stereocenters. The molecule has 0 saturated heterocycles. The van der Waals surface area contributed by atoms with Crippen molar-refractivity contribution in [3.8, 4) is 0 Å². The van der Waals surface area contributed by atoms with Crippen molar-refractivity contribution in [3.05, 3.63) is 22.6 Å². The summed E-state index contributed by atoms with van der Waals surface area (Å²) in [6.45, 7) is 5.61. The van der Waals surface area contributed by atoms with Gasteiger partial charge in [-0.1, -0.05) is 33.1 Å². The van der Waals surface area contributed by atoms with Crippen LogP contribution < -0.4 is 5.32 Å². The van der Waals surface area contributed by atoms with Crippen LogP contribution in [0.15, 0.2) is 21.2 Å². The first-order chi connectivity index (χ1) is 9.24. The second-order valence-corrected chi connectivity index (χ2v) is 6.54. The van der Waals surface area contributed by atoms with Gasteiger partial charge in [0.2, 0.25) is 0 Å². The fraction of sp³-hybridized carbons (Fsp3) is 0.750. The highest BCUT2D eigenvalue weighted by Crippen LogP contribution is 2.38. The summed E-state index contributed by atoms with van der Waals surface area (Å²) in [6.07, 6.45) is 7.94. The molecule has 0 aromatic carbocycles. The van der Waals surface area contributed by atoms with E-state index in [2.05, 4.69) is 41.2 Å².